The van der Waals surface area contributed by atoms with Crippen LogP contribution in [0.25, 0.3) is 43.1 Å². The zero-order valence-corrected chi connectivity index (χ0v) is 21.8. The third-order valence-electron chi connectivity index (χ3n) is 7.06. The normalized spacial score (nSPS) is 12.3. The molecule has 180 valence electrons. The van der Waals surface area contributed by atoms with Gasteiger partial charge in [-0.05, 0) is 45.1 Å². The number of carbonyl (C=O) groups excluding carboxylic acids is 2. The second-order valence-electron chi connectivity index (χ2n) is 9.17. The molecule has 2 aromatic heterocycles. The van der Waals surface area contributed by atoms with Crippen LogP contribution in [-0.2, 0) is 0 Å². The lowest BCUT2D eigenvalue weighted by molar-refractivity contribution is 0.0981. The van der Waals surface area contributed by atoms with Crippen molar-refractivity contribution in [1.82, 2.24) is 0 Å². The van der Waals surface area contributed by atoms with Crippen LogP contribution in [0.5, 0.6) is 0 Å². The average molecular weight is 525 g/mol. The summed E-state index contributed by atoms with van der Waals surface area (Å²) in [6.07, 6.45) is 0. The Kier molecular flexibility index (Phi) is 5.50. The summed E-state index contributed by atoms with van der Waals surface area (Å²) in [6.45, 7) is 0. The predicted octanol–water partition coefficient (Wildman–Crippen LogP) is 9.25. The van der Waals surface area contributed by atoms with Gasteiger partial charge in [-0.2, -0.15) is 0 Å². The number of ketones is 2. The summed E-state index contributed by atoms with van der Waals surface area (Å²) in [7, 11) is 0. The SMILES string of the molecule is O=C1c2c(-c3ccccc3)ccc(-c3cccs3)c2C(=O)c2c(-c3cccs3)ccc(-c3ccccc3)c21. The Morgan fingerprint density at radius 3 is 1.11 bits per heavy atom. The first-order valence-electron chi connectivity index (χ1n) is 12.3. The van der Waals surface area contributed by atoms with Gasteiger partial charge in [-0.1, -0.05) is 97.1 Å². The molecule has 0 unspecified atom stereocenters. The fourth-order valence-corrected chi connectivity index (χ4v) is 6.91. The molecule has 0 saturated carbocycles. The van der Waals surface area contributed by atoms with Gasteiger partial charge in [-0.25, -0.2) is 0 Å². The zero-order valence-electron chi connectivity index (χ0n) is 20.2. The van der Waals surface area contributed by atoms with E-state index in [9.17, 15) is 9.59 Å². The molecule has 0 amide bonds. The predicted molar refractivity (Wildman–Crippen MR) is 157 cm³/mol. The van der Waals surface area contributed by atoms with Gasteiger partial charge in [0.2, 0.25) is 0 Å². The molecule has 6 aromatic rings. The van der Waals surface area contributed by atoms with Gasteiger partial charge in [-0.15, -0.1) is 22.7 Å². The molecule has 2 heterocycles. The van der Waals surface area contributed by atoms with Gasteiger partial charge in [0.1, 0.15) is 0 Å². The quantitative estimate of drug-likeness (QED) is 0.230. The molecule has 0 N–H and O–H groups in total. The van der Waals surface area contributed by atoms with E-state index in [1.54, 1.807) is 22.7 Å². The molecule has 0 saturated heterocycles. The van der Waals surface area contributed by atoms with Gasteiger partial charge in [0.25, 0.3) is 0 Å². The highest BCUT2D eigenvalue weighted by molar-refractivity contribution is 7.14. The van der Waals surface area contributed by atoms with E-state index < -0.39 is 0 Å². The fourth-order valence-electron chi connectivity index (χ4n) is 5.39. The van der Waals surface area contributed by atoms with E-state index in [1.807, 2.05) is 120 Å². The van der Waals surface area contributed by atoms with Crippen molar-refractivity contribution >= 4 is 34.2 Å². The van der Waals surface area contributed by atoms with Gasteiger partial charge in [0, 0.05) is 43.1 Å². The first-order chi connectivity index (χ1) is 18.7. The number of carbonyl (C=O) groups is 2. The molecule has 2 nitrogen and oxygen atoms in total. The van der Waals surface area contributed by atoms with Crippen molar-refractivity contribution in [2.75, 3.05) is 0 Å². The minimum absolute atomic E-state index is 0.100. The first kappa shape index (κ1) is 22.8. The molecule has 0 radical (unpaired) electrons. The van der Waals surface area contributed by atoms with E-state index in [0.717, 1.165) is 43.1 Å². The van der Waals surface area contributed by atoms with Crippen LogP contribution in [-0.4, -0.2) is 11.6 Å². The average Bonchev–Trinajstić information content (AvgIpc) is 3.71. The van der Waals surface area contributed by atoms with Gasteiger partial charge >= 0.3 is 0 Å². The van der Waals surface area contributed by atoms with E-state index in [0.29, 0.717) is 22.3 Å². The summed E-state index contributed by atoms with van der Waals surface area (Å²) >= 11 is 3.15. The van der Waals surface area contributed by atoms with E-state index in [4.69, 9.17) is 0 Å². The zero-order chi connectivity index (χ0) is 25.6. The number of benzene rings is 4. The second-order valence-corrected chi connectivity index (χ2v) is 11.1. The third-order valence-corrected chi connectivity index (χ3v) is 8.87. The minimum atomic E-state index is -0.107. The molecule has 1 aliphatic rings. The Morgan fingerprint density at radius 1 is 0.368 bits per heavy atom. The summed E-state index contributed by atoms with van der Waals surface area (Å²) in [5.41, 5.74) is 6.98. The maximum Gasteiger partial charge on any atom is 0.195 e. The lowest BCUT2D eigenvalue weighted by Gasteiger charge is -2.26. The number of rotatable bonds is 4. The van der Waals surface area contributed by atoms with Crippen molar-refractivity contribution in [2.24, 2.45) is 0 Å². The highest BCUT2D eigenvalue weighted by Crippen LogP contribution is 2.46. The van der Waals surface area contributed by atoms with Gasteiger partial charge in [-0.3, -0.25) is 9.59 Å². The van der Waals surface area contributed by atoms with E-state index >= 15 is 0 Å². The molecule has 1 aliphatic carbocycles. The highest BCUT2D eigenvalue weighted by Gasteiger charge is 2.38. The molecule has 7 rings (SSSR count). The Labute approximate surface area is 228 Å². The van der Waals surface area contributed by atoms with Crippen LogP contribution in [0.4, 0.5) is 0 Å². The molecule has 0 atom stereocenters. The van der Waals surface area contributed by atoms with Crippen molar-refractivity contribution in [3.63, 3.8) is 0 Å². The van der Waals surface area contributed by atoms with Crippen LogP contribution in [0.2, 0.25) is 0 Å². The van der Waals surface area contributed by atoms with Crippen LogP contribution in [0.3, 0.4) is 0 Å². The lowest BCUT2D eigenvalue weighted by atomic mass is 9.74. The molecule has 0 bridgehead atoms. The van der Waals surface area contributed by atoms with E-state index in [1.165, 1.54) is 0 Å². The van der Waals surface area contributed by atoms with Crippen LogP contribution >= 0.6 is 22.7 Å². The summed E-state index contributed by atoms with van der Waals surface area (Å²) < 4.78 is 0. The smallest absolute Gasteiger partial charge is 0.195 e. The monoisotopic (exact) mass is 524 g/mol. The summed E-state index contributed by atoms with van der Waals surface area (Å²) in [5.74, 6) is -0.207. The molecule has 0 fully saturated rings. The highest BCUT2D eigenvalue weighted by atomic mass is 32.1. The number of hydrogen-bond donors (Lipinski definition) is 0. The van der Waals surface area contributed by atoms with Crippen molar-refractivity contribution in [3.8, 4) is 43.1 Å². The third kappa shape index (κ3) is 3.53. The Hall–Kier alpha value is -4.38. The molecule has 0 spiro atoms. The number of fused-ring (bicyclic) bond motifs is 2. The summed E-state index contributed by atoms with van der Waals surface area (Å²) in [4.78, 5) is 31.4. The van der Waals surface area contributed by atoms with Gasteiger partial charge < -0.3 is 0 Å². The first-order valence-corrected chi connectivity index (χ1v) is 14.1. The Bertz CT molecular complexity index is 1680. The molecular weight excluding hydrogens is 505 g/mol. The van der Waals surface area contributed by atoms with Gasteiger partial charge in [0.05, 0.1) is 0 Å². The van der Waals surface area contributed by atoms with Crippen molar-refractivity contribution in [2.45, 2.75) is 0 Å². The fraction of sp³-hybridized carbons (Fsp3) is 0. The Balaban J connectivity index is 1.59. The maximum atomic E-state index is 14.7. The van der Waals surface area contributed by atoms with Crippen LogP contribution in [0.1, 0.15) is 31.8 Å². The minimum Gasteiger partial charge on any atom is -0.289 e. The number of hydrogen-bond acceptors (Lipinski definition) is 4. The van der Waals surface area contributed by atoms with Crippen LogP contribution < -0.4 is 0 Å². The topological polar surface area (TPSA) is 34.1 Å². The summed E-state index contributed by atoms with van der Waals surface area (Å²) in [5, 5.41) is 4.00. The van der Waals surface area contributed by atoms with Crippen LogP contribution in [0, 0.1) is 0 Å². The second kappa shape index (κ2) is 9.18. The number of thiophene rings is 2. The largest absolute Gasteiger partial charge is 0.289 e. The van der Waals surface area contributed by atoms with Crippen molar-refractivity contribution in [3.05, 3.63) is 142 Å². The summed E-state index contributed by atoms with van der Waals surface area (Å²) in [6, 6.07) is 35.7. The molecule has 4 heteroatoms. The van der Waals surface area contributed by atoms with Crippen LogP contribution in [0.15, 0.2) is 120 Å². The Morgan fingerprint density at radius 2 is 0.737 bits per heavy atom. The van der Waals surface area contributed by atoms with Crippen molar-refractivity contribution in [1.29, 1.82) is 0 Å². The lowest BCUT2D eigenvalue weighted by Crippen LogP contribution is -2.24. The van der Waals surface area contributed by atoms with E-state index in [2.05, 4.69) is 0 Å². The molecule has 38 heavy (non-hydrogen) atoms. The standard InChI is InChI=1S/C34H20O2S2/c35-33-29-23(21-9-3-1-4-10-21)15-17-25(27-13-7-19-37-27)31(29)34(36)32-26(28-14-8-20-38-28)18-16-24(30(32)33)22-11-5-2-6-12-22/h1-20H. The maximum absolute atomic E-state index is 14.7. The molecule has 0 aliphatic heterocycles. The van der Waals surface area contributed by atoms with Gasteiger partial charge in [0.15, 0.2) is 11.6 Å². The van der Waals surface area contributed by atoms with Crippen molar-refractivity contribution < 1.29 is 9.59 Å². The van der Waals surface area contributed by atoms with E-state index in [-0.39, 0.29) is 11.6 Å². The molecular formula is C34H20O2S2. The molecule has 4 aromatic carbocycles.